The molecule has 16 heteroatoms. The average molecular weight is 645 g/mol. The van der Waals surface area contributed by atoms with Crippen molar-refractivity contribution in [1.29, 1.82) is 0 Å². The third-order valence-electron chi connectivity index (χ3n) is 5.07. The Kier molecular flexibility index (Phi) is 34.2. The zero-order valence-electron chi connectivity index (χ0n) is 26.0. The summed E-state index contributed by atoms with van der Waals surface area (Å²) < 4.78 is 63.5. The monoisotopic (exact) mass is 644 g/mol. The van der Waals surface area contributed by atoms with E-state index in [1.165, 1.54) is 0 Å². The van der Waals surface area contributed by atoms with Crippen LogP contribution in [-0.4, -0.2) is 175 Å². The summed E-state index contributed by atoms with van der Waals surface area (Å²) >= 11 is 0. The van der Waals surface area contributed by atoms with Gasteiger partial charge in [0.15, 0.2) is 0 Å². The predicted molar refractivity (Wildman–Crippen MR) is 153 cm³/mol. The Labute approximate surface area is 259 Å². The first-order chi connectivity index (χ1) is 21.6. The number of methoxy groups -OCH3 is 1. The van der Waals surface area contributed by atoms with E-state index in [9.17, 15) is 14.4 Å². The zero-order chi connectivity index (χ0) is 32.2. The second-order valence-corrected chi connectivity index (χ2v) is 8.57. The SMILES string of the molecule is COCCOCCOCCOCCOCCOCCOCCOCCOCCOCCOCCOC(=O)CCC(=O)C(=O)O. The molecule has 0 bridgehead atoms. The average Bonchev–Trinajstić information content (AvgIpc) is 3.02. The Morgan fingerprint density at radius 2 is 0.636 bits per heavy atom. The molecule has 0 atom stereocenters. The molecule has 0 aromatic rings. The van der Waals surface area contributed by atoms with E-state index in [1.54, 1.807) is 7.11 Å². The maximum atomic E-state index is 11.3. The van der Waals surface area contributed by atoms with Crippen LogP contribution in [0.4, 0.5) is 0 Å². The van der Waals surface area contributed by atoms with E-state index in [-0.39, 0.29) is 26.1 Å². The lowest BCUT2D eigenvalue weighted by Crippen LogP contribution is -2.17. The van der Waals surface area contributed by atoms with Gasteiger partial charge in [-0.3, -0.25) is 9.59 Å². The van der Waals surface area contributed by atoms with Crippen LogP contribution in [0.15, 0.2) is 0 Å². The van der Waals surface area contributed by atoms with Gasteiger partial charge in [-0.05, 0) is 0 Å². The van der Waals surface area contributed by atoms with Gasteiger partial charge in [0, 0.05) is 13.5 Å². The number of Topliss-reactive ketones (excluding diaryl/α,β-unsaturated/α-hetero) is 1. The standard InChI is InChI=1S/C28H52O16/c1-33-4-5-34-6-7-35-8-9-36-10-11-37-12-13-38-14-15-39-16-17-40-18-19-41-20-21-42-22-23-43-24-25-44-27(30)3-2-26(29)28(31)32/h2-25H2,1H3,(H,31,32). The Balaban J connectivity index is 3.12. The highest BCUT2D eigenvalue weighted by molar-refractivity contribution is 6.32. The molecule has 0 fully saturated rings. The lowest BCUT2D eigenvalue weighted by atomic mass is 10.2. The molecule has 1 N–H and O–H groups in total. The highest BCUT2D eigenvalue weighted by atomic mass is 16.6. The lowest BCUT2D eigenvalue weighted by molar-refractivity contribution is -0.151. The van der Waals surface area contributed by atoms with Crippen molar-refractivity contribution in [2.75, 3.05) is 152 Å². The van der Waals surface area contributed by atoms with Gasteiger partial charge in [-0.2, -0.15) is 0 Å². The summed E-state index contributed by atoms with van der Waals surface area (Å²) in [4.78, 5) is 32.6. The summed E-state index contributed by atoms with van der Waals surface area (Å²) in [5.74, 6) is -3.24. The smallest absolute Gasteiger partial charge is 0.372 e. The fraction of sp³-hybridized carbons (Fsp3) is 0.893. The van der Waals surface area contributed by atoms with Gasteiger partial charge in [0.25, 0.3) is 0 Å². The number of carbonyl (C=O) groups is 3. The summed E-state index contributed by atoms with van der Waals surface area (Å²) in [7, 11) is 1.64. The maximum Gasteiger partial charge on any atom is 0.372 e. The number of hydrogen-bond donors (Lipinski definition) is 1. The van der Waals surface area contributed by atoms with Gasteiger partial charge in [0.1, 0.15) is 6.61 Å². The van der Waals surface area contributed by atoms with Gasteiger partial charge in [0.2, 0.25) is 5.78 Å². The van der Waals surface area contributed by atoms with Crippen LogP contribution in [0, 0.1) is 0 Å². The summed E-state index contributed by atoms with van der Waals surface area (Å²) in [6, 6.07) is 0. The number of carbonyl (C=O) groups excluding carboxylic acids is 2. The number of aliphatic carboxylic acids is 1. The van der Waals surface area contributed by atoms with Gasteiger partial charge in [-0.15, -0.1) is 0 Å². The van der Waals surface area contributed by atoms with Gasteiger partial charge in [0.05, 0.1) is 145 Å². The van der Waals surface area contributed by atoms with Gasteiger partial charge in [-0.25, -0.2) is 4.79 Å². The summed E-state index contributed by atoms with van der Waals surface area (Å²) in [5, 5.41) is 8.43. The van der Waals surface area contributed by atoms with E-state index < -0.39 is 17.7 Å². The Bertz CT molecular complexity index is 651. The van der Waals surface area contributed by atoms with Gasteiger partial charge >= 0.3 is 11.9 Å². The van der Waals surface area contributed by atoms with E-state index in [0.29, 0.717) is 132 Å². The van der Waals surface area contributed by atoms with Gasteiger partial charge < -0.3 is 61.9 Å². The molecule has 0 saturated carbocycles. The fourth-order valence-electron chi connectivity index (χ4n) is 2.83. The van der Waals surface area contributed by atoms with Crippen LogP contribution < -0.4 is 0 Å². The largest absolute Gasteiger partial charge is 0.476 e. The Morgan fingerprint density at radius 1 is 0.386 bits per heavy atom. The first-order valence-corrected chi connectivity index (χ1v) is 14.8. The Morgan fingerprint density at radius 3 is 0.886 bits per heavy atom. The van der Waals surface area contributed by atoms with Crippen molar-refractivity contribution in [3.05, 3.63) is 0 Å². The van der Waals surface area contributed by atoms with Crippen molar-refractivity contribution in [2.45, 2.75) is 12.8 Å². The highest BCUT2D eigenvalue weighted by Gasteiger charge is 2.14. The second kappa shape index (κ2) is 35.6. The normalized spacial score (nSPS) is 11.2. The molecule has 0 spiro atoms. The van der Waals surface area contributed by atoms with Crippen LogP contribution in [0.25, 0.3) is 0 Å². The number of ketones is 1. The number of hydrogen-bond acceptors (Lipinski definition) is 15. The molecule has 0 heterocycles. The predicted octanol–water partition coefficient (Wildman–Crippen LogP) is -0.224. The van der Waals surface area contributed by atoms with Crippen molar-refractivity contribution < 1.29 is 76.3 Å². The molecule has 0 aliphatic heterocycles. The molecule has 0 unspecified atom stereocenters. The minimum absolute atomic E-state index is 0.0145. The van der Waals surface area contributed by atoms with Crippen LogP contribution in [0.3, 0.4) is 0 Å². The summed E-state index contributed by atoms with van der Waals surface area (Å²) in [6.07, 6.45) is -0.659. The molecular formula is C28H52O16. The quantitative estimate of drug-likeness (QED) is 0.0531. The highest BCUT2D eigenvalue weighted by Crippen LogP contribution is 1.95. The van der Waals surface area contributed by atoms with E-state index in [2.05, 4.69) is 0 Å². The minimum atomic E-state index is -1.56. The molecule has 0 aliphatic carbocycles. The van der Waals surface area contributed by atoms with Gasteiger partial charge in [-0.1, -0.05) is 0 Å². The lowest BCUT2D eigenvalue weighted by Gasteiger charge is -2.09. The number of carboxylic acid groups (broad SMARTS) is 1. The number of rotatable bonds is 37. The van der Waals surface area contributed by atoms with Crippen molar-refractivity contribution in [3.8, 4) is 0 Å². The molecule has 16 nitrogen and oxygen atoms in total. The van der Waals surface area contributed by atoms with Crippen molar-refractivity contribution in [1.82, 2.24) is 0 Å². The third-order valence-corrected chi connectivity index (χ3v) is 5.07. The first kappa shape index (κ1) is 42.2. The first-order valence-electron chi connectivity index (χ1n) is 14.8. The molecule has 0 aromatic carbocycles. The zero-order valence-corrected chi connectivity index (χ0v) is 26.0. The molecule has 260 valence electrons. The van der Waals surface area contributed by atoms with Crippen LogP contribution in [0.2, 0.25) is 0 Å². The van der Waals surface area contributed by atoms with Crippen LogP contribution >= 0.6 is 0 Å². The second-order valence-electron chi connectivity index (χ2n) is 8.57. The number of carboxylic acids is 1. The van der Waals surface area contributed by atoms with Crippen molar-refractivity contribution in [3.63, 3.8) is 0 Å². The van der Waals surface area contributed by atoms with Crippen LogP contribution in [0.5, 0.6) is 0 Å². The minimum Gasteiger partial charge on any atom is -0.476 e. The molecule has 0 rings (SSSR count). The van der Waals surface area contributed by atoms with Crippen LogP contribution in [-0.2, 0) is 71.2 Å². The molecule has 0 aromatic heterocycles. The van der Waals surface area contributed by atoms with E-state index >= 15 is 0 Å². The van der Waals surface area contributed by atoms with E-state index in [0.717, 1.165) is 0 Å². The number of ether oxygens (including phenoxy) is 12. The van der Waals surface area contributed by atoms with E-state index in [1.807, 2.05) is 0 Å². The van der Waals surface area contributed by atoms with E-state index in [4.69, 9.17) is 61.9 Å². The molecule has 0 aliphatic rings. The van der Waals surface area contributed by atoms with Crippen molar-refractivity contribution in [2.24, 2.45) is 0 Å². The topological polar surface area (TPSA) is 182 Å². The molecule has 0 radical (unpaired) electrons. The Hall–Kier alpha value is -1.83. The molecular weight excluding hydrogens is 592 g/mol. The fourth-order valence-corrected chi connectivity index (χ4v) is 2.83. The summed E-state index contributed by atoms with van der Waals surface area (Å²) in [6.45, 7) is 9.69. The van der Waals surface area contributed by atoms with Crippen molar-refractivity contribution >= 4 is 17.7 Å². The maximum absolute atomic E-state index is 11.3. The number of esters is 1. The summed E-state index contributed by atoms with van der Waals surface area (Å²) in [5.41, 5.74) is 0. The molecule has 0 amide bonds. The molecule has 0 saturated heterocycles. The van der Waals surface area contributed by atoms with Crippen LogP contribution in [0.1, 0.15) is 12.8 Å². The molecule has 44 heavy (non-hydrogen) atoms. The third kappa shape index (κ3) is 34.7.